The summed E-state index contributed by atoms with van der Waals surface area (Å²) in [5, 5.41) is 0. The third-order valence-corrected chi connectivity index (χ3v) is 3.80. The van der Waals surface area contributed by atoms with E-state index in [1.807, 2.05) is 0 Å². The minimum Gasteiger partial charge on any atom is -0.321 e. The quantitative estimate of drug-likeness (QED) is 0.784. The molecule has 1 aromatic carbocycles. The maximum absolute atomic E-state index is 11.5. The first-order valence-electron chi connectivity index (χ1n) is 5.87. The number of rotatable bonds is 1. The smallest absolute Gasteiger partial charge is 0.149 e. The molecule has 1 aromatic rings. The van der Waals surface area contributed by atoms with E-state index >= 15 is 0 Å². The first-order valence-corrected chi connectivity index (χ1v) is 5.87. The van der Waals surface area contributed by atoms with Gasteiger partial charge in [0, 0.05) is 6.42 Å². The number of ketones is 1. The molecule has 2 heteroatoms. The largest absolute Gasteiger partial charge is 0.321 e. The Hall–Kier alpha value is -1.15. The molecule has 1 aliphatic rings. The Kier molecular flexibility index (Phi) is 2.85. The predicted molar refractivity (Wildman–Crippen MR) is 65.4 cm³/mol. The van der Waals surface area contributed by atoms with E-state index in [-0.39, 0.29) is 17.2 Å². The topological polar surface area (TPSA) is 43.1 Å². The molecule has 0 bridgehead atoms. The molecule has 0 aliphatic heterocycles. The van der Waals surface area contributed by atoms with Crippen LogP contribution in [0.4, 0.5) is 0 Å². The van der Waals surface area contributed by atoms with Crippen LogP contribution in [0.5, 0.6) is 0 Å². The number of Topliss-reactive ketones (excluding diaryl/α,β-unsaturated/α-hetero) is 1. The average Bonchev–Trinajstić information content (AvgIpc) is 2.25. The zero-order valence-electron chi connectivity index (χ0n) is 9.99. The lowest BCUT2D eigenvalue weighted by Crippen LogP contribution is -2.43. The van der Waals surface area contributed by atoms with E-state index in [0.717, 1.165) is 12.8 Å². The van der Waals surface area contributed by atoms with Crippen LogP contribution < -0.4 is 5.73 Å². The first kappa shape index (κ1) is 11.3. The maximum Gasteiger partial charge on any atom is 0.149 e. The summed E-state index contributed by atoms with van der Waals surface area (Å²) in [5.41, 5.74) is 8.60. The van der Waals surface area contributed by atoms with Gasteiger partial charge in [-0.25, -0.2) is 0 Å². The molecule has 0 saturated heterocycles. The van der Waals surface area contributed by atoms with Crippen molar-refractivity contribution in [1.82, 2.24) is 0 Å². The first-order chi connectivity index (χ1) is 7.53. The molecule has 86 valence electrons. The lowest BCUT2D eigenvalue weighted by atomic mass is 9.68. The van der Waals surface area contributed by atoms with Crippen LogP contribution >= 0.6 is 0 Å². The molecule has 2 N–H and O–H groups in total. The van der Waals surface area contributed by atoms with Crippen molar-refractivity contribution in [2.24, 2.45) is 5.73 Å². The molecule has 0 aromatic heterocycles. The molecule has 1 aliphatic carbocycles. The van der Waals surface area contributed by atoms with Crippen molar-refractivity contribution in [2.45, 2.75) is 44.6 Å². The summed E-state index contributed by atoms with van der Waals surface area (Å²) in [4.78, 5) is 11.5. The summed E-state index contributed by atoms with van der Waals surface area (Å²) in [7, 11) is 0. The number of nitrogens with two attached hydrogens (primary N) is 1. The summed E-state index contributed by atoms with van der Waals surface area (Å²) in [5.74, 6) is 0.214. The van der Waals surface area contributed by atoms with Crippen molar-refractivity contribution in [1.29, 1.82) is 0 Å². The van der Waals surface area contributed by atoms with Crippen LogP contribution in [-0.2, 0) is 10.2 Å². The van der Waals surface area contributed by atoms with Crippen molar-refractivity contribution in [2.75, 3.05) is 0 Å². The summed E-state index contributed by atoms with van der Waals surface area (Å²) in [6, 6.07) is 8.13. The van der Waals surface area contributed by atoms with E-state index in [1.54, 1.807) is 0 Å². The molecule has 2 nitrogen and oxygen atoms in total. The van der Waals surface area contributed by atoms with Gasteiger partial charge in [-0.05, 0) is 36.3 Å². The fourth-order valence-electron chi connectivity index (χ4n) is 2.78. The molecule has 0 spiro atoms. The van der Waals surface area contributed by atoms with E-state index in [2.05, 4.69) is 38.1 Å². The van der Waals surface area contributed by atoms with Crippen LogP contribution in [0.2, 0.25) is 0 Å². The van der Waals surface area contributed by atoms with Gasteiger partial charge in [-0.2, -0.15) is 0 Å². The molecule has 2 atom stereocenters. The second-order valence-electron chi connectivity index (χ2n) is 5.15. The summed E-state index contributed by atoms with van der Waals surface area (Å²) >= 11 is 0. The van der Waals surface area contributed by atoms with Gasteiger partial charge in [-0.15, -0.1) is 0 Å². The Labute approximate surface area is 96.8 Å². The summed E-state index contributed by atoms with van der Waals surface area (Å²) in [6.07, 6.45) is 2.31. The van der Waals surface area contributed by atoms with E-state index in [0.29, 0.717) is 6.42 Å². The van der Waals surface area contributed by atoms with E-state index in [4.69, 9.17) is 5.73 Å². The number of benzene rings is 1. The Morgan fingerprint density at radius 2 is 2.06 bits per heavy atom. The van der Waals surface area contributed by atoms with Crippen LogP contribution in [-0.4, -0.2) is 11.8 Å². The van der Waals surface area contributed by atoms with Crippen LogP contribution in [0.3, 0.4) is 0 Å². The zero-order valence-corrected chi connectivity index (χ0v) is 9.99. The van der Waals surface area contributed by atoms with E-state index in [9.17, 15) is 4.79 Å². The van der Waals surface area contributed by atoms with Gasteiger partial charge in [-0.1, -0.05) is 31.2 Å². The van der Waals surface area contributed by atoms with Gasteiger partial charge in [0.15, 0.2) is 0 Å². The lowest BCUT2D eigenvalue weighted by Gasteiger charge is -2.37. The van der Waals surface area contributed by atoms with Crippen molar-refractivity contribution < 1.29 is 4.79 Å². The third kappa shape index (κ3) is 1.90. The van der Waals surface area contributed by atoms with Gasteiger partial charge in [-0.3, -0.25) is 4.79 Å². The third-order valence-electron chi connectivity index (χ3n) is 3.80. The van der Waals surface area contributed by atoms with Crippen LogP contribution in [0.25, 0.3) is 0 Å². The molecule has 0 radical (unpaired) electrons. The normalized spacial score (nSPS) is 30.4. The Morgan fingerprint density at radius 1 is 1.38 bits per heavy atom. The van der Waals surface area contributed by atoms with Crippen LogP contribution in [0.1, 0.15) is 37.3 Å². The Bertz CT molecular complexity index is 413. The van der Waals surface area contributed by atoms with Gasteiger partial charge < -0.3 is 5.73 Å². The highest BCUT2D eigenvalue weighted by molar-refractivity contribution is 5.85. The summed E-state index contributed by atoms with van der Waals surface area (Å²) < 4.78 is 0. The molecular weight excluding hydrogens is 198 g/mol. The van der Waals surface area contributed by atoms with Gasteiger partial charge in [0.1, 0.15) is 5.78 Å². The highest BCUT2D eigenvalue weighted by Gasteiger charge is 2.36. The molecule has 0 heterocycles. The monoisotopic (exact) mass is 217 g/mol. The van der Waals surface area contributed by atoms with Crippen LogP contribution in [0, 0.1) is 6.92 Å². The maximum atomic E-state index is 11.5. The standard InChI is InChI=1S/C14H19NO/c1-10-5-3-4-6-11(10)14(2)8-7-13(16)12(15)9-14/h3-6,12H,7-9,15H2,1-2H3. The molecular formula is C14H19NO. The number of carbonyl (C=O) groups is 1. The molecule has 1 saturated carbocycles. The van der Waals surface area contributed by atoms with Crippen molar-refractivity contribution in [3.63, 3.8) is 0 Å². The lowest BCUT2D eigenvalue weighted by molar-refractivity contribution is -0.122. The van der Waals surface area contributed by atoms with Crippen LogP contribution in [0.15, 0.2) is 24.3 Å². The summed E-state index contributed by atoms with van der Waals surface area (Å²) in [6.45, 7) is 4.35. The number of hydrogen-bond acceptors (Lipinski definition) is 2. The fourth-order valence-corrected chi connectivity index (χ4v) is 2.78. The van der Waals surface area contributed by atoms with E-state index in [1.165, 1.54) is 11.1 Å². The highest BCUT2D eigenvalue weighted by Crippen LogP contribution is 2.38. The Morgan fingerprint density at radius 3 is 2.69 bits per heavy atom. The second-order valence-corrected chi connectivity index (χ2v) is 5.15. The zero-order chi connectivity index (χ0) is 11.8. The van der Waals surface area contributed by atoms with Gasteiger partial charge in [0.05, 0.1) is 6.04 Å². The van der Waals surface area contributed by atoms with E-state index < -0.39 is 0 Å². The predicted octanol–water partition coefficient (Wildman–Crippen LogP) is 2.33. The van der Waals surface area contributed by atoms with Gasteiger partial charge >= 0.3 is 0 Å². The van der Waals surface area contributed by atoms with Crippen molar-refractivity contribution >= 4 is 5.78 Å². The van der Waals surface area contributed by atoms with Gasteiger partial charge in [0.25, 0.3) is 0 Å². The van der Waals surface area contributed by atoms with Crippen molar-refractivity contribution in [3.8, 4) is 0 Å². The molecule has 2 unspecified atom stereocenters. The minimum atomic E-state index is -0.279. The number of carbonyl (C=O) groups excluding carboxylic acids is 1. The molecule has 1 fully saturated rings. The minimum absolute atomic E-state index is 0.0681. The average molecular weight is 217 g/mol. The Balaban J connectivity index is 2.33. The molecule has 2 rings (SSSR count). The molecule has 16 heavy (non-hydrogen) atoms. The number of aryl methyl sites for hydroxylation is 1. The van der Waals surface area contributed by atoms with Crippen molar-refractivity contribution in [3.05, 3.63) is 35.4 Å². The molecule has 0 amide bonds. The highest BCUT2D eigenvalue weighted by atomic mass is 16.1. The fraction of sp³-hybridized carbons (Fsp3) is 0.500. The van der Waals surface area contributed by atoms with Gasteiger partial charge in [0.2, 0.25) is 0 Å². The second kappa shape index (κ2) is 4.02. The number of hydrogen-bond donors (Lipinski definition) is 1. The SMILES string of the molecule is Cc1ccccc1C1(C)CCC(=O)C(N)C1.